The average Bonchev–Trinajstić information content (AvgIpc) is 2.77. The van der Waals surface area contributed by atoms with Crippen molar-refractivity contribution in [2.75, 3.05) is 0 Å². The highest BCUT2D eigenvalue weighted by molar-refractivity contribution is 5.72. The molecule has 0 N–H and O–H groups in total. The third kappa shape index (κ3) is 4.06. The van der Waals surface area contributed by atoms with Gasteiger partial charge in [-0.2, -0.15) is 0 Å². The highest BCUT2D eigenvalue weighted by Gasteiger charge is 2.04. The first kappa shape index (κ1) is 12.8. The summed E-state index contributed by atoms with van der Waals surface area (Å²) in [6, 6.07) is 10.6. The molecule has 0 aromatic heterocycles. The Morgan fingerprint density at radius 2 is 1.62 bits per heavy atom. The molecule has 1 aromatic rings. The van der Waals surface area contributed by atoms with E-state index in [2.05, 4.69) is 63.3 Å². The molecule has 0 unspecified atom stereocenters. The molecule has 0 saturated carbocycles. The molecule has 16 heavy (non-hydrogen) atoms. The maximum absolute atomic E-state index is 2.27. The van der Waals surface area contributed by atoms with Crippen LogP contribution in [-0.2, 0) is 0 Å². The van der Waals surface area contributed by atoms with Gasteiger partial charge in [0.2, 0.25) is 0 Å². The van der Waals surface area contributed by atoms with Crippen molar-refractivity contribution in [3.63, 3.8) is 0 Å². The van der Waals surface area contributed by atoms with Gasteiger partial charge in [0.05, 0.1) is 0 Å². The smallest absolute Gasteiger partial charge is 0.00857 e. The molecule has 86 valence electrons. The molecule has 0 heteroatoms. The van der Waals surface area contributed by atoms with E-state index in [1.54, 1.807) is 0 Å². The van der Waals surface area contributed by atoms with E-state index in [1.165, 1.54) is 29.6 Å². The fraction of sp³-hybridized carbons (Fsp3) is 0.375. The largest absolute Gasteiger partial charge is 0.0772 e. The topological polar surface area (TPSA) is 0 Å². The van der Waals surface area contributed by atoms with Gasteiger partial charge in [0.25, 0.3) is 0 Å². The van der Waals surface area contributed by atoms with Crippen molar-refractivity contribution in [2.45, 2.75) is 40.0 Å². The van der Waals surface area contributed by atoms with Crippen molar-refractivity contribution >= 4 is 5.57 Å². The standard InChI is InChI=1S/C12H12.C4H10/c1-10-7-8-12(9-10)11-5-3-2-4-6-11;1-3-4-2/h2-7,9H,8H2,1H3;3-4H2,1-2H3. The first-order valence-electron chi connectivity index (χ1n) is 6.20. The summed E-state index contributed by atoms with van der Waals surface area (Å²) in [5.41, 5.74) is 4.17. The highest BCUT2D eigenvalue weighted by atomic mass is 14.1. The van der Waals surface area contributed by atoms with Gasteiger partial charge in [0.15, 0.2) is 0 Å². The lowest BCUT2D eigenvalue weighted by Crippen LogP contribution is -1.77. The van der Waals surface area contributed by atoms with Gasteiger partial charge in [-0.05, 0) is 24.5 Å². The van der Waals surface area contributed by atoms with Gasteiger partial charge in [-0.1, -0.05) is 74.7 Å². The zero-order chi connectivity index (χ0) is 11.8. The number of hydrogen-bond donors (Lipinski definition) is 0. The summed E-state index contributed by atoms with van der Waals surface area (Å²) in [5.74, 6) is 0. The van der Waals surface area contributed by atoms with Crippen LogP contribution in [0, 0.1) is 0 Å². The van der Waals surface area contributed by atoms with E-state index in [4.69, 9.17) is 0 Å². The number of hydrogen-bond acceptors (Lipinski definition) is 0. The molecule has 0 bridgehead atoms. The average molecular weight is 214 g/mol. The predicted octanol–water partition coefficient (Wildman–Crippen LogP) is 5.23. The van der Waals surface area contributed by atoms with Gasteiger partial charge in [-0.3, -0.25) is 0 Å². The Morgan fingerprint density at radius 1 is 1.00 bits per heavy atom. The van der Waals surface area contributed by atoms with Crippen LogP contribution in [0.15, 0.2) is 48.1 Å². The molecule has 1 aromatic carbocycles. The van der Waals surface area contributed by atoms with Crippen LogP contribution >= 0.6 is 0 Å². The third-order valence-corrected chi connectivity index (χ3v) is 2.69. The van der Waals surface area contributed by atoms with E-state index in [1.807, 2.05) is 0 Å². The van der Waals surface area contributed by atoms with Crippen molar-refractivity contribution in [3.8, 4) is 0 Å². The zero-order valence-electron chi connectivity index (χ0n) is 10.7. The van der Waals surface area contributed by atoms with Crippen LogP contribution in [0.1, 0.15) is 45.6 Å². The van der Waals surface area contributed by atoms with E-state index < -0.39 is 0 Å². The van der Waals surface area contributed by atoms with Gasteiger partial charge in [0, 0.05) is 0 Å². The van der Waals surface area contributed by atoms with Gasteiger partial charge in [0.1, 0.15) is 0 Å². The predicted molar refractivity (Wildman–Crippen MR) is 73.4 cm³/mol. The summed E-state index contributed by atoms with van der Waals surface area (Å²) in [5, 5.41) is 0. The summed E-state index contributed by atoms with van der Waals surface area (Å²) in [6.07, 6.45) is 8.26. The molecule has 0 atom stereocenters. The quantitative estimate of drug-likeness (QED) is 0.632. The van der Waals surface area contributed by atoms with Gasteiger partial charge < -0.3 is 0 Å². The summed E-state index contributed by atoms with van der Waals surface area (Å²) < 4.78 is 0. The normalized spacial score (nSPS) is 13.7. The lowest BCUT2D eigenvalue weighted by molar-refractivity contribution is 0.886. The Labute approximate surface area is 99.7 Å². The van der Waals surface area contributed by atoms with Crippen LogP contribution in [0.25, 0.3) is 5.57 Å². The monoisotopic (exact) mass is 214 g/mol. The van der Waals surface area contributed by atoms with Crippen LogP contribution in [0.3, 0.4) is 0 Å². The molecule has 1 aliphatic rings. The minimum atomic E-state index is 1.09. The second kappa shape index (κ2) is 7.05. The third-order valence-electron chi connectivity index (χ3n) is 2.69. The number of allylic oxidation sites excluding steroid dienone is 4. The van der Waals surface area contributed by atoms with Crippen LogP contribution < -0.4 is 0 Å². The maximum Gasteiger partial charge on any atom is -0.00857 e. The fourth-order valence-corrected chi connectivity index (χ4v) is 1.52. The highest BCUT2D eigenvalue weighted by Crippen LogP contribution is 2.25. The van der Waals surface area contributed by atoms with E-state index in [-0.39, 0.29) is 0 Å². The summed E-state index contributed by atoms with van der Waals surface area (Å²) in [6.45, 7) is 6.51. The van der Waals surface area contributed by atoms with E-state index >= 15 is 0 Å². The van der Waals surface area contributed by atoms with Crippen LogP contribution in [0.4, 0.5) is 0 Å². The van der Waals surface area contributed by atoms with Crippen LogP contribution in [-0.4, -0.2) is 0 Å². The molecule has 0 aliphatic heterocycles. The van der Waals surface area contributed by atoms with Gasteiger partial charge in [-0.15, -0.1) is 0 Å². The number of rotatable bonds is 2. The van der Waals surface area contributed by atoms with Crippen molar-refractivity contribution in [1.29, 1.82) is 0 Å². The number of unbranched alkanes of at least 4 members (excludes halogenated alkanes) is 1. The molecule has 1 aliphatic carbocycles. The SMILES string of the molecule is CC1=CCC(c2ccccc2)=C1.CCCC. The Balaban J connectivity index is 0.000000280. The summed E-state index contributed by atoms with van der Waals surface area (Å²) in [4.78, 5) is 0. The first-order valence-corrected chi connectivity index (χ1v) is 6.20. The van der Waals surface area contributed by atoms with E-state index in [0.29, 0.717) is 0 Å². The lowest BCUT2D eigenvalue weighted by Gasteiger charge is -1.99. The van der Waals surface area contributed by atoms with Crippen LogP contribution in [0.2, 0.25) is 0 Å². The van der Waals surface area contributed by atoms with E-state index in [0.717, 1.165) is 6.42 Å². The second-order valence-corrected chi connectivity index (χ2v) is 4.19. The Kier molecular flexibility index (Phi) is 5.63. The minimum absolute atomic E-state index is 1.09. The molecule has 0 heterocycles. The first-order chi connectivity index (χ1) is 7.77. The molecule has 0 spiro atoms. The Hall–Kier alpha value is -1.30. The van der Waals surface area contributed by atoms with Crippen molar-refractivity contribution in [2.24, 2.45) is 0 Å². The number of benzene rings is 1. The zero-order valence-corrected chi connectivity index (χ0v) is 10.7. The molecular weight excluding hydrogens is 192 g/mol. The van der Waals surface area contributed by atoms with Crippen molar-refractivity contribution < 1.29 is 0 Å². The molecule has 2 rings (SSSR count). The van der Waals surface area contributed by atoms with Crippen molar-refractivity contribution in [3.05, 3.63) is 53.6 Å². The Bertz CT molecular complexity index is 353. The van der Waals surface area contributed by atoms with Gasteiger partial charge in [-0.25, -0.2) is 0 Å². The fourth-order valence-electron chi connectivity index (χ4n) is 1.52. The summed E-state index contributed by atoms with van der Waals surface area (Å²) in [7, 11) is 0. The molecule has 0 fully saturated rings. The van der Waals surface area contributed by atoms with Crippen LogP contribution in [0.5, 0.6) is 0 Å². The molecule has 0 saturated heterocycles. The van der Waals surface area contributed by atoms with Crippen molar-refractivity contribution in [1.82, 2.24) is 0 Å². The minimum Gasteiger partial charge on any atom is -0.0772 e. The maximum atomic E-state index is 2.27. The second-order valence-electron chi connectivity index (χ2n) is 4.19. The molecule has 0 nitrogen and oxygen atoms in total. The lowest BCUT2D eigenvalue weighted by atomic mass is 10.1. The Morgan fingerprint density at radius 3 is 2.06 bits per heavy atom. The molecule has 0 amide bonds. The molecule has 0 radical (unpaired) electrons. The van der Waals surface area contributed by atoms with E-state index in [9.17, 15) is 0 Å². The van der Waals surface area contributed by atoms with Gasteiger partial charge >= 0.3 is 0 Å². The summed E-state index contributed by atoms with van der Waals surface area (Å²) >= 11 is 0. The molecular formula is C16H22.